The predicted octanol–water partition coefficient (Wildman–Crippen LogP) is 4.77. The van der Waals surface area contributed by atoms with E-state index in [0.717, 1.165) is 16.7 Å². The Labute approximate surface area is 109 Å². The van der Waals surface area contributed by atoms with Gasteiger partial charge in [0.25, 0.3) is 0 Å². The van der Waals surface area contributed by atoms with Crippen molar-refractivity contribution < 1.29 is 9.18 Å². The van der Waals surface area contributed by atoms with Crippen LogP contribution in [0, 0.1) is 5.82 Å². The van der Waals surface area contributed by atoms with Crippen LogP contribution in [0.25, 0.3) is 0 Å². The van der Waals surface area contributed by atoms with E-state index in [2.05, 4.69) is 0 Å². The number of rotatable bonds is 4. The molecule has 0 N–H and O–H groups in total. The topological polar surface area (TPSA) is 17.1 Å². The average molecular weight is 250 g/mol. The first kappa shape index (κ1) is 14.9. The van der Waals surface area contributed by atoms with Crippen molar-refractivity contribution in [2.24, 2.45) is 0 Å². The highest BCUT2D eigenvalue weighted by atomic mass is 19.1. The van der Waals surface area contributed by atoms with Crippen molar-refractivity contribution in [3.05, 3.63) is 34.6 Å². The molecule has 0 bridgehead atoms. The standard InChI is InChI=1S/C16H23FO/c1-9(2)14-7-13(17)8-15(10(3)4)16(14)11(5)12(6)18/h7-11H,1-6H3. The minimum absolute atomic E-state index is 0.130. The summed E-state index contributed by atoms with van der Waals surface area (Å²) in [6, 6.07) is 3.15. The Morgan fingerprint density at radius 2 is 1.39 bits per heavy atom. The second kappa shape index (κ2) is 5.64. The van der Waals surface area contributed by atoms with E-state index in [1.54, 1.807) is 19.1 Å². The van der Waals surface area contributed by atoms with E-state index in [-0.39, 0.29) is 29.4 Å². The Morgan fingerprint density at radius 3 is 1.67 bits per heavy atom. The molecule has 1 unspecified atom stereocenters. The SMILES string of the molecule is CC(=O)C(C)c1c(C(C)C)cc(F)cc1C(C)C. The van der Waals surface area contributed by atoms with Gasteiger partial charge in [0.05, 0.1) is 0 Å². The van der Waals surface area contributed by atoms with E-state index in [0.29, 0.717) is 0 Å². The minimum Gasteiger partial charge on any atom is -0.299 e. The molecule has 1 rings (SSSR count). The van der Waals surface area contributed by atoms with Crippen LogP contribution in [0.4, 0.5) is 4.39 Å². The molecule has 100 valence electrons. The fourth-order valence-electron chi connectivity index (χ4n) is 2.32. The van der Waals surface area contributed by atoms with Crippen LogP contribution in [0.15, 0.2) is 12.1 Å². The number of hydrogen-bond donors (Lipinski definition) is 0. The van der Waals surface area contributed by atoms with Gasteiger partial charge < -0.3 is 0 Å². The average Bonchev–Trinajstić information content (AvgIpc) is 2.26. The molecule has 0 saturated heterocycles. The lowest BCUT2D eigenvalue weighted by Crippen LogP contribution is -2.13. The van der Waals surface area contributed by atoms with E-state index in [1.807, 2.05) is 34.6 Å². The molecule has 1 nitrogen and oxygen atoms in total. The van der Waals surface area contributed by atoms with Gasteiger partial charge in [0.2, 0.25) is 0 Å². The summed E-state index contributed by atoms with van der Waals surface area (Å²) in [4.78, 5) is 11.7. The predicted molar refractivity (Wildman–Crippen MR) is 73.7 cm³/mol. The number of ketones is 1. The van der Waals surface area contributed by atoms with Crippen LogP contribution >= 0.6 is 0 Å². The monoisotopic (exact) mass is 250 g/mol. The number of Topliss-reactive ketones (excluding diaryl/α,β-unsaturated/α-hetero) is 1. The van der Waals surface area contributed by atoms with Crippen LogP contribution in [0.3, 0.4) is 0 Å². The fourth-order valence-corrected chi connectivity index (χ4v) is 2.32. The van der Waals surface area contributed by atoms with Crippen molar-refractivity contribution in [3.63, 3.8) is 0 Å². The first-order valence-corrected chi connectivity index (χ1v) is 6.59. The number of hydrogen-bond acceptors (Lipinski definition) is 1. The van der Waals surface area contributed by atoms with Gasteiger partial charge in [-0.3, -0.25) is 4.79 Å². The van der Waals surface area contributed by atoms with Crippen molar-refractivity contribution in [2.45, 2.75) is 59.3 Å². The highest BCUT2D eigenvalue weighted by Gasteiger charge is 2.22. The van der Waals surface area contributed by atoms with Crippen molar-refractivity contribution in [1.82, 2.24) is 0 Å². The zero-order valence-electron chi connectivity index (χ0n) is 12.2. The summed E-state index contributed by atoms with van der Waals surface area (Å²) in [5.74, 6) is 0.192. The molecule has 0 aliphatic rings. The van der Waals surface area contributed by atoms with Gasteiger partial charge >= 0.3 is 0 Å². The van der Waals surface area contributed by atoms with Gasteiger partial charge in [-0.15, -0.1) is 0 Å². The molecule has 0 fully saturated rings. The van der Waals surface area contributed by atoms with Crippen molar-refractivity contribution in [2.75, 3.05) is 0 Å². The third-order valence-corrected chi connectivity index (χ3v) is 3.50. The van der Waals surface area contributed by atoms with E-state index >= 15 is 0 Å². The Morgan fingerprint density at radius 1 is 1.00 bits per heavy atom. The molecule has 18 heavy (non-hydrogen) atoms. The van der Waals surface area contributed by atoms with Crippen LogP contribution in [0.2, 0.25) is 0 Å². The third kappa shape index (κ3) is 2.98. The Balaban J connectivity index is 3.55. The lowest BCUT2D eigenvalue weighted by molar-refractivity contribution is -0.118. The summed E-state index contributed by atoms with van der Waals surface area (Å²) < 4.78 is 13.7. The molecule has 0 heterocycles. The summed E-state index contributed by atoms with van der Waals surface area (Å²) in [7, 11) is 0. The van der Waals surface area contributed by atoms with Crippen LogP contribution in [-0.2, 0) is 4.79 Å². The third-order valence-electron chi connectivity index (χ3n) is 3.50. The van der Waals surface area contributed by atoms with Gasteiger partial charge in [-0.25, -0.2) is 4.39 Å². The molecule has 1 aromatic carbocycles. The lowest BCUT2D eigenvalue weighted by atomic mass is 9.81. The lowest BCUT2D eigenvalue weighted by Gasteiger charge is -2.23. The molecule has 0 radical (unpaired) electrons. The van der Waals surface area contributed by atoms with Gasteiger partial charge in [0.15, 0.2) is 0 Å². The first-order valence-electron chi connectivity index (χ1n) is 6.59. The van der Waals surface area contributed by atoms with Gasteiger partial charge in [-0.1, -0.05) is 34.6 Å². The van der Waals surface area contributed by atoms with Gasteiger partial charge in [-0.05, 0) is 47.6 Å². The van der Waals surface area contributed by atoms with Crippen LogP contribution in [0.5, 0.6) is 0 Å². The maximum Gasteiger partial charge on any atom is 0.137 e. The number of benzene rings is 1. The van der Waals surface area contributed by atoms with Gasteiger partial charge in [-0.2, -0.15) is 0 Å². The molecular weight excluding hydrogens is 227 g/mol. The number of carbonyl (C=O) groups is 1. The summed E-state index contributed by atoms with van der Waals surface area (Å²) in [5.41, 5.74) is 2.94. The summed E-state index contributed by atoms with van der Waals surface area (Å²) in [6.07, 6.45) is 0. The van der Waals surface area contributed by atoms with Crippen LogP contribution < -0.4 is 0 Å². The molecule has 1 atom stereocenters. The summed E-state index contributed by atoms with van der Waals surface area (Å²) in [6.45, 7) is 11.7. The molecular formula is C16H23FO. The fraction of sp³-hybridized carbons (Fsp3) is 0.562. The van der Waals surface area contributed by atoms with Crippen LogP contribution in [-0.4, -0.2) is 5.78 Å². The van der Waals surface area contributed by atoms with E-state index < -0.39 is 0 Å². The Kier molecular flexibility index (Phi) is 4.66. The molecule has 0 spiro atoms. The van der Waals surface area contributed by atoms with E-state index in [1.165, 1.54) is 0 Å². The normalized spacial score (nSPS) is 13.2. The second-order valence-electron chi connectivity index (χ2n) is 5.64. The molecule has 0 saturated carbocycles. The highest BCUT2D eigenvalue weighted by molar-refractivity contribution is 5.84. The minimum atomic E-state index is -0.207. The smallest absolute Gasteiger partial charge is 0.137 e. The zero-order chi connectivity index (χ0) is 14.0. The van der Waals surface area contributed by atoms with Gasteiger partial charge in [0, 0.05) is 5.92 Å². The number of halogens is 1. The Bertz CT molecular complexity index is 417. The Hall–Kier alpha value is -1.18. The maximum atomic E-state index is 13.7. The highest BCUT2D eigenvalue weighted by Crippen LogP contribution is 2.34. The molecule has 0 aliphatic carbocycles. The van der Waals surface area contributed by atoms with E-state index in [9.17, 15) is 9.18 Å². The first-order chi connectivity index (χ1) is 8.25. The van der Waals surface area contributed by atoms with E-state index in [4.69, 9.17) is 0 Å². The maximum absolute atomic E-state index is 13.7. The molecule has 1 aromatic rings. The number of carbonyl (C=O) groups excluding carboxylic acids is 1. The largest absolute Gasteiger partial charge is 0.299 e. The summed E-state index contributed by atoms with van der Waals surface area (Å²) in [5, 5.41) is 0. The second-order valence-corrected chi connectivity index (χ2v) is 5.64. The van der Waals surface area contributed by atoms with Crippen LogP contribution in [0.1, 0.15) is 76.0 Å². The molecule has 0 amide bonds. The van der Waals surface area contributed by atoms with Crippen molar-refractivity contribution in [3.8, 4) is 0 Å². The van der Waals surface area contributed by atoms with Crippen molar-refractivity contribution >= 4 is 5.78 Å². The van der Waals surface area contributed by atoms with Crippen molar-refractivity contribution in [1.29, 1.82) is 0 Å². The quantitative estimate of drug-likeness (QED) is 0.752. The van der Waals surface area contributed by atoms with Gasteiger partial charge in [0.1, 0.15) is 11.6 Å². The zero-order valence-corrected chi connectivity index (χ0v) is 12.2. The summed E-state index contributed by atoms with van der Waals surface area (Å²) >= 11 is 0. The molecule has 0 aliphatic heterocycles. The molecule has 2 heteroatoms. The molecule has 0 aromatic heterocycles.